The van der Waals surface area contributed by atoms with Crippen LogP contribution in [0.4, 0.5) is 0 Å². The predicted octanol–water partition coefficient (Wildman–Crippen LogP) is 1.20. The quantitative estimate of drug-likeness (QED) is 0.779. The first kappa shape index (κ1) is 17.1. The summed E-state index contributed by atoms with van der Waals surface area (Å²) >= 11 is 0. The summed E-state index contributed by atoms with van der Waals surface area (Å²) in [6.07, 6.45) is 2.87. The first-order chi connectivity index (χ1) is 12.1. The molecule has 2 aromatic rings. The highest BCUT2D eigenvalue weighted by Gasteiger charge is 2.29. The molecule has 0 N–H and O–H groups in total. The molecule has 132 valence electrons. The summed E-state index contributed by atoms with van der Waals surface area (Å²) < 4.78 is 6.37. The normalized spacial score (nSPS) is 17.5. The Bertz CT molecular complexity index is 846. The second kappa shape index (κ2) is 7.46. The van der Waals surface area contributed by atoms with Crippen molar-refractivity contribution in [3.05, 3.63) is 40.9 Å². The lowest BCUT2D eigenvalue weighted by Gasteiger charge is -2.31. The zero-order valence-corrected chi connectivity index (χ0v) is 14.2. The van der Waals surface area contributed by atoms with Crippen LogP contribution in [0.5, 0.6) is 0 Å². The molecule has 1 aliphatic rings. The minimum absolute atomic E-state index is 0.0772. The van der Waals surface area contributed by atoms with E-state index in [1.807, 2.05) is 6.07 Å². The van der Waals surface area contributed by atoms with Crippen LogP contribution in [-0.4, -0.2) is 46.0 Å². The fourth-order valence-electron chi connectivity index (χ4n) is 3.12. The molecule has 1 aromatic heterocycles. The van der Waals surface area contributed by atoms with E-state index in [0.29, 0.717) is 30.6 Å². The molecule has 1 atom stereocenters. The second-order valence-electron chi connectivity index (χ2n) is 6.13. The molecule has 3 rings (SSSR count). The Hall–Kier alpha value is -2.70. The number of nitrogens with zero attached hydrogens (tertiary/aromatic N) is 3. The number of para-hydroxylation sites is 1. The first-order valence-corrected chi connectivity index (χ1v) is 8.48. The lowest BCUT2D eigenvalue weighted by Crippen LogP contribution is -2.45. The SMILES string of the molecule is CCOC(=O)[C@H]1CCCN(C(=O)Cn2cnc3ccccc3c2=O)C1. The Morgan fingerprint density at radius 3 is 2.92 bits per heavy atom. The van der Waals surface area contributed by atoms with E-state index in [9.17, 15) is 14.4 Å². The maximum absolute atomic E-state index is 12.6. The number of ether oxygens (including phenoxy) is 1. The number of likely N-dealkylation sites (tertiary alicyclic amines) is 1. The van der Waals surface area contributed by atoms with Gasteiger partial charge in [0.2, 0.25) is 5.91 Å². The van der Waals surface area contributed by atoms with Crippen molar-refractivity contribution in [2.24, 2.45) is 5.92 Å². The molecule has 7 heteroatoms. The van der Waals surface area contributed by atoms with E-state index < -0.39 is 0 Å². The molecule has 0 bridgehead atoms. The van der Waals surface area contributed by atoms with Crippen LogP contribution in [0.25, 0.3) is 10.9 Å². The van der Waals surface area contributed by atoms with Crippen molar-refractivity contribution >= 4 is 22.8 Å². The van der Waals surface area contributed by atoms with Gasteiger partial charge in [-0.15, -0.1) is 0 Å². The highest BCUT2D eigenvalue weighted by Crippen LogP contribution is 2.18. The van der Waals surface area contributed by atoms with E-state index in [0.717, 1.165) is 12.8 Å². The molecule has 1 aliphatic heterocycles. The minimum atomic E-state index is -0.288. The Labute approximate surface area is 145 Å². The molecule has 1 saturated heterocycles. The summed E-state index contributed by atoms with van der Waals surface area (Å²) in [5, 5.41) is 0.487. The first-order valence-electron chi connectivity index (χ1n) is 8.48. The molecule has 1 amide bonds. The van der Waals surface area contributed by atoms with E-state index >= 15 is 0 Å². The van der Waals surface area contributed by atoms with E-state index in [-0.39, 0.29) is 29.9 Å². The monoisotopic (exact) mass is 343 g/mol. The highest BCUT2D eigenvalue weighted by atomic mass is 16.5. The van der Waals surface area contributed by atoms with Crippen LogP contribution in [0.2, 0.25) is 0 Å². The zero-order valence-electron chi connectivity index (χ0n) is 14.2. The van der Waals surface area contributed by atoms with Gasteiger partial charge in [0.15, 0.2) is 0 Å². The van der Waals surface area contributed by atoms with Crippen LogP contribution in [0.3, 0.4) is 0 Å². The summed E-state index contributed by atoms with van der Waals surface area (Å²) in [5.74, 6) is -0.734. The second-order valence-corrected chi connectivity index (χ2v) is 6.13. The van der Waals surface area contributed by atoms with Gasteiger partial charge in [-0.05, 0) is 31.9 Å². The van der Waals surface area contributed by atoms with Crippen LogP contribution in [0.15, 0.2) is 35.4 Å². The number of aromatic nitrogens is 2. The minimum Gasteiger partial charge on any atom is -0.466 e. The maximum Gasteiger partial charge on any atom is 0.310 e. The van der Waals surface area contributed by atoms with Crippen molar-refractivity contribution in [1.29, 1.82) is 0 Å². The third-order valence-corrected chi connectivity index (χ3v) is 4.43. The number of rotatable bonds is 4. The van der Waals surface area contributed by atoms with E-state index in [1.165, 1.54) is 10.9 Å². The van der Waals surface area contributed by atoms with Crippen LogP contribution in [0.1, 0.15) is 19.8 Å². The number of hydrogen-bond donors (Lipinski definition) is 0. The fraction of sp³-hybridized carbons (Fsp3) is 0.444. The molecular weight excluding hydrogens is 322 g/mol. The molecule has 1 fully saturated rings. The molecule has 1 aromatic carbocycles. The molecule has 0 spiro atoms. The van der Waals surface area contributed by atoms with Crippen LogP contribution in [-0.2, 0) is 20.9 Å². The van der Waals surface area contributed by atoms with E-state index in [2.05, 4.69) is 4.98 Å². The fourth-order valence-corrected chi connectivity index (χ4v) is 3.12. The number of fused-ring (bicyclic) bond motifs is 1. The van der Waals surface area contributed by atoms with Gasteiger partial charge in [-0.1, -0.05) is 12.1 Å². The van der Waals surface area contributed by atoms with Gasteiger partial charge in [0.25, 0.3) is 5.56 Å². The summed E-state index contributed by atoms with van der Waals surface area (Å²) in [5.41, 5.74) is 0.370. The van der Waals surface area contributed by atoms with E-state index in [1.54, 1.807) is 30.0 Å². The Morgan fingerprint density at radius 2 is 2.12 bits per heavy atom. The van der Waals surface area contributed by atoms with Crippen molar-refractivity contribution in [2.75, 3.05) is 19.7 Å². The Morgan fingerprint density at radius 1 is 1.32 bits per heavy atom. The van der Waals surface area contributed by atoms with Gasteiger partial charge in [-0.2, -0.15) is 0 Å². The molecule has 25 heavy (non-hydrogen) atoms. The van der Waals surface area contributed by atoms with Crippen molar-refractivity contribution < 1.29 is 14.3 Å². The van der Waals surface area contributed by atoms with Crippen molar-refractivity contribution in [3.63, 3.8) is 0 Å². The molecule has 0 unspecified atom stereocenters. The Kier molecular flexibility index (Phi) is 5.11. The van der Waals surface area contributed by atoms with Gasteiger partial charge in [0.1, 0.15) is 6.54 Å². The third kappa shape index (κ3) is 3.70. The summed E-state index contributed by atoms with van der Waals surface area (Å²) in [4.78, 5) is 42.8. The highest BCUT2D eigenvalue weighted by molar-refractivity contribution is 5.80. The third-order valence-electron chi connectivity index (χ3n) is 4.43. The van der Waals surface area contributed by atoms with E-state index in [4.69, 9.17) is 4.74 Å². The van der Waals surface area contributed by atoms with Gasteiger partial charge in [-0.25, -0.2) is 4.98 Å². The lowest BCUT2D eigenvalue weighted by atomic mass is 9.98. The van der Waals surface area contributed by atoms with Crippen LogP contribution < -0.4 is 5.56 Å². The summed E-state index contributed by atoms with van der Waals surface area (Å²) in [7, 11) is 0. The maximum atomic E-state index is 12.6. The van der Waals surface area contributed by atoms with Gasteiger partial charge in [0.05, 0.1) is 29.8 Å². The molecule has 0 radical (unpaired) electrons. The average Bonchev–Trinajstić information content (AvgIpc) is 2.64. The van der Waals surface area contributed by atoms with Gasteiger partial charge in [-0.3, -0.25) is 19.0 Å². The number of carbonyl (C=O) groups is 2. The van der Waals surface area contributed by atoms with Crippen LogP contribution in [0, 0.1) is 5.92 Å². The average molecular weight is 343 g/mol. The molecule has 0 aliphatic carbocycles. The van der Waals surface area contributed by atoms with Gasteiger partial charge < -0.3 is 9.64 Å². The summed E-state index contributed by atoms with van der Waals surface area (Å²) in [6.45, 7) is 2.95. The number of carbonyl (C=O) groups excluding carboxylic acids is 2. The number of amides is 1. The van der Waals surface area contributed by atoms with Crippen molar-refractivity contribution in [2.45, 2.75) is 26.3 Å². The standard InChI is InChI=1S/C18H21N3O4/c1-2-25-18(24)13-6-5-9-20(10-13)16(22)11-21-12-19-15-8-4-3-7-14(15)17(21)23/h3-4,7-8,12-13H,2,5-6,9-11H2,1H3/t13-/m0/s1. The number of benzene rings is 1. The molecule has 7 nitrogen and oxygen atoms in total. The summed E-state index contributed by atoms with van der Waals surface area (Å²) in [6, 6.07) is 7.04. The number of esters is 1. The zero-order chi connectivity index (χ0) is 17.8. The predicted molar refractivity (Wildman–Crippen MR) is 91.9 cm³/mol. The Balaban J connectivity index is 1.73. The topological polar surface area (TPSA) is 81.5 Å². The molecule has 2 heterocycles. The number of hydrogen-bond acceptors (Lipinski definition) is 5. The largest absolute Gasteiger partial charge is 0.466 e. The van der Waals surface area contributed by atoms with Crippen molar-refractivity contribution in [3.8, 4) is 0 Å². The van der Waals surface area contributed by atoms with Gasteiger partial charge in [0, 0.05) is 13.1 Å². The molecule has 0 saturated carbocycles. The molecular formula is C18H21N3O4. The lowest BCUT2D eigenvalue weighted by molar-refractivity contribution is -0.151. The number of piperidine rings is 1. The van der Waals surface area contributed by atoms with Crippen LogP contribution >= 0.6 is 0 Å². The smallest absolute Gasteiger partial charge is 0.310 e. The van der Waals surface area contributed by atoms with Gasteiger partial charge >= 0.3 is 5.97 Å². The van der Waals surface area contributed by atoms with Crippen molar-refractivity contribution in [1.82, 2.24) is 14.5 Å².